The molecule has 0 aromatic heterocycles. The Morgan fingerprint density at radius 2 is 1.77 bits per heavy atom. The minimum atomic E-state index is 0.561. The van der Waals surface area contributed by atoms with Crippen LogP contribution in [0.5, 0.6) is 11.5 Å². The fraction of sp³-hybridized carbons (Fsp3) is 0.458. The second-order valence-corrected chi connectivity index (χ2v) is 7.42. The number of nitrogens with zero attached hydrogens (tertiary/aromatic N) is 2. The van der Waals surface area contributed by atoms with Gasteiger partial charge in [0, 0.05) is 38.8 Å². The molecule has 1 aliphatic rings. The highest BCUT2D eigenvalue weighted by Crippen LogP contribution is 2.17. The van der Waals surface area contributed by atoms with Crippen molar-refractivity contribution in [2.75, 3.05) is 59.7 Å². The summed E-state index contributed by atoms with van der Waals surface area (Å²) in [5, 5.41) is 6.63. The molecule has 2 N–H and O–H groups in total. The van der Waals surface area contributed by atoms with Crippen molar-refractivity contribution < 1.29 is 14.2 Å². The summed E-state index contributed by atoms with van der Waals surface area (Å²) in [7, 11) is 1.76. The van der Waals surface area contributed by atoms with Gasteiger partial charge in [-0.2, -0.15) is 0 Å². The van der Waals surface area contributed by atoms with Crippen molar-refractivity contribution in [1.82, 2.24) is 15.5 Å². The van der Waals surface area contributed by atoms with Gasteiger partial charge in [-0.1, -0.05) is 35.9 Å². The van der Waals surface area contributed by atoms with Crippen LogP contribution in [0, 0.1) is 6.92 Å². The first-order chi connectivity index (χ1) is 15.2. The number of benzene rings is 2. The quantitative estimate of drug-likeness (QED) is 0.346. The summed E-state index contributed by atoms with van der Waals surface area (Å²) in [6.07, 6.45) is 0. The Morgan fingerprint density at radius 1 is 1.00 bits per heavy atom. The molecule has 0 amide bonds. The number of aliphatic imine (C=N–C) groups is 1. The number of aryl methyl sites for hydroxylation is 1. The lowest BCUT2D eigenvalue weighted by Crippen LogP contribution is -2.39. The van der Waals surface area contributed by atoms with E-state index in [0.29, 0.717) is 26.3 Å². The molecule has 1 aliphatic heterocycles. The lowest BCUT2D eigenvalue weighted by molar-refractivity contribution is 0.0322. The van der Waals surface area contributed by atoms with Crippen molar-refractivity contribution in [1.29, 1.82) is 0 Å². The average Bonchev–Trinajstić information content (AvgIpc) is 2.81. The van der Waals surface area contributed by atoms with Crippen LogP contribution in [-0.2, 0) is 11.3 Å². The van der Waals surface area contributed by atoms with Gasteiger partial charge in [0.1, 0.15) is 24.7 Å². The van der Waals surface area contributed by atoms with E-state index < -0.39 is 0 Å². The maximum Gasteiger partial charge on any atom is 0.191 e. The summed E-state index contributed by atoms with van der Waals surface area (Å²) in [5.41, 5.74) is 2.32. The monoisotopic (exact) mass is 426 g/mol. The van der Waals surface area contributed by atoms with E-state index in [1.807, 2.05) is 42.5 Å². The lowest BCUT2D eigenvalue weighted by Gasteiger charge is -2.26. The van der Waals surface area contributed by atoms with Crippen LogP contribution in [0.25, 0.3) is 0 Å². The second kappa shape index (κ2) is 12.8. The molecule has 0 spiro atoms. The molecule has 3 rings (SSSR count). The molecule has 0 saturated carbocycles. The number of hydrogen-bond donors (Lipinski definition) is 2. The number of hydrogen-bond acceptors (Lipinski definition) is 5. The Kier molecular flexibility index (Phi) is 9.47. The normalized spacial score (nSPS) is 14.8. The Balaban J connectivity index is 1.38. The van der Waals surface area contributed by atoms with Gasteiger partial charge in [-0.15, -0.1) is 0 Å². The zero-order valence-electron chi connectivity index (χ0n) is 18.6. The summed E-state index contributed by atoms with van der Waals surface area (Å²) < 4.78 is 17.2. The van der Waals surface area contributed by atoms with Gasteiger partial charge in [-0.05, 0) is 25.1 Å². The van der Waals surface area contributed by atoms with E-state index in [1.54, 1.807) is 7.05 Å². The topological polar surface area (TPSA) is 67.4 Å². The highest BCUT2D eigenvalue weighted by atomic mass is 16.5. The predicted molar refractivity (Wildman–Crippen MR) is 124 cm³/mol. The highest BCUT2D eigenvalue weighted by Gasteiger charge is 2.10. The van der Waals surface area contributed by atoms with Gasteiger partial charge < -0.3 is 24.8 Å². The van der Waals surface area contributed by atoms with Crippen molar-refractivity contribution in [3.8, 4) is 11.5 Å². The number of para-hydroxylation sites is 1. The van der Waals surface area contributed by atoms with Crippen molar-refractivity contribution in [2.24, 2.45) is 4.99 Å². The molecule has 7 heteroatoms. The van der Waals surface area contributed by atoms with Crippen LogP contribution in [0.15, 0.2) is 53.5 Å². The predicted octanol–water partition coefficient (Wildman–Crippen LogP) is 2.45. The Bertz CT molecular complexity index is 805. The molecule has 2 aromatic carbocycles. The standard InChI is InChI=1S/C24H34N4O3/c1-20-7-9-22(10-8-20)30-15-11-26-24(25-2)27-19-21-5-3-4-6-23(21)31-18-14-28-12-16-29-17-13-28/h3-10H,11-19H2,1-2H3,(H2,25,26,27). The largest absolute Gasteiger partial charge is 0.492 e. The number of nitrogens with one attached hydrogen (secondary N) is 2. The first-order valence-electron chi connectivity index (χ1n) is 10.9. The molecule has 0 unspecified atom stereocenters. The van der Waals surface area contributed by atoms with Crippen molar-refractivity contribution in [2.45, 2.75) is 13.5 Å². The van der Waals surface area contributed by atoms with Crippen LogP contribution < -0.4 is 20.1 Å². The Morgan fingerprint density at radius 3 is 2.55 bits per heavy atom. The van der Waals surface area contributed by atoms with Gasteiger partial charge in [0.25, 0.3) is 0 Å². The summed E-state index contributed by atoms with van der Waals surface area (Å²) >= 11 is 0. The number of morpholine rings is 1. The van der Waals surface area contributed by atoms with Gasteiger partial charge in [-0.3, -0.25) is 9.89 Å². The molecule has 7 nitrogen and oxygen atoms in total. The SMILES string of the molecule is CN=C(NCCOc1ccc(C)cc1)NCc1ccccc1OCCN1CCOCC1. The molecule has 1 fully saturated rings. The van der Waals surface area contributed by atoms with Crippen molar-refractivity contribution in [3.63, 3.8) is 0 Å². The van der Waals surface area contributed by atoms with Gasteiger partial charge in [0.2, 0.25) is 0 Å². The van der Waals surface area contributed by atoms with Crippen molar-refractivity contribution >= 4 is 5.96 Å². The molecule has 168 valence electrons. The molecule has 1 heterocycles. The van der Waals surface area contributed by atoms with E-state index in [9.17, 15) is 0 Å². The second-order valence-electron chi connectivity index (χ2n) is 7.42. The molecule has 0 bridgehead atoms. The number of rotatable bonds is 10. The average molecular weight is 427 g/mol. The lowest BCUT2D eigenvalue weighted by atomic mass is 10.2. The minimum absolute atomic E-state index is 0.561. The first-order valence-corrected chi connectivity index (χ1v) is 10.9. The third-order valence-corrected chi connectivity index (χ3v) is 5.10. The van der Waals surface area contributed by atoms with Gasteiger partial charge >= 0.3 is 0 Å². The zero-order valence-corrected chi connectivity index (χ0v) is 18.6. The van der Waals surface area contributed by atoms with Gasteiger partial charge in [0.15, 0.2) is 5.96 Å². The molecule has 0 radical (unpaired) electrons. The van der Waals surface area contributed by atoms with E-state index in [1.165, 1.54) is 5.56 Å². The van der Waals surface area contributed by atoms with E-state index >= 15 is 0 Å². The molecule has 31 heavy (non-hydrogen) atoms. The maximum atomic E-state index is 6.06. The van der Waals surface area contributed by atoms with Crippen LogP contribution in [0.4, 0.5) is 0 Å². The summed E-state index contributed by atoms with van der Waals surface area (Å²) in [6.45, 7) is 9.06. The van der Waals surface area contributed by atoms with E-state index in [0.717, 1.165) is 55.9 Å². The third-order valence-electron chi connectivity index (χ3n) is 5.10. The first kappa shape index (κ1) is 22.9. The number of guanidine groups is 1. The van der Waals surface area contributed by atoms with Crippen LogP contribution >= 0.6 is 0 Å². The molecule has 0 aliphatic carbocycles. The Labute approximate surface area is 185 Å². The number of ether oxygens (including phenoxy) is 3. The fourth-order valence-electron chi connectivity index (χ4n) is 3.27. The Hall–Kier alpha value is -2.77. The zero-order chi connectivity index (χ0) is 21.7. The van der Waals surface area contributed by atoms with Crippen molar-refractivity contribution in [3.05, 3.63) is 59.7 Å². The minimum Gasteiger partial charge on any atom is -0.492 e. The van der Waals surface area contributed by atoms with Crippen LogP contribution in [-0.4, -0.2) is 70.5 Å². The van der Waals surface area contributed by atoms with E-state index in [-0.39, 0.29) is 0 Å². The molecular weight excluding hydrogens is 392 g/mol. The molecule has 0 atom stereocenters. The van der Waals surface area contributed by atoms with Crippen LogP contribution in [0.1, 0.15) is 11.1 Å². The van der Waals surface area contributed by atoms with E-state index in [4.69, 9.17) is 14.2 Å². The summed E-state index contributed by atoms with van der Waals surface area (Å²) in [6, 6.07) is 16.2. The molecule has 1 saturated heterocycles. The third kappa shape index (κ3) is 8.11. The molecular formula is C24H34N4O3. The van der Waals surface area contributed by atoms with Crippen LogP contribution in [0.2, 0.25) is 0 Å². The summed E-state index contributed by atoms with van der Waals surface area (Å²) in [5.74, 6) is 2.51. The highest BCUT2D eigenvalue weighted by molar-refractivity contribution is 5.79. The van der Waals surface area contributed by atoms with Gasteiger partial charge in [0.05, 0.1) is 19.8 Å². The van der Waals surface area contributed by atoms with Crippen LogP contribution in [0.3, 0.4) is 0 Å². The van der Waals surface area contributed by atoms with Gasteiger partial charge in [-0.25, -0.2) is 0 Å². The van der Waals surface area contributed by atoms with E-state index in [2.05, 4.69) is 33.5 Å². The maximum absolute atomic E-state index is 6.06. The summed E-state index contributed by atoms with van der Waals surface area (Å²) in [4.78, 5) is 6.66. The molecule has 2 aromatic rings. The fourth-order valence-corrected chi connectivity index (χ4v) is 3.27. The smallest absolute Gasteiger partial charge is 0.191 e.